The number of hydrogen-bond acceptors (Lipinski definition) is 2. The fourth-order valence-electron chi connectivity index (χ4n) is 4.76. The summed E-state index contributed by atoms with van der Waals surface area (Å²) < 4.78 is 0. The molecule has 2 heteroatoms. The predicted octanol–water partition coefficient (Wildman–Crippen LogP) is 2.40. The van der Waals surface area contributed by atoms with Crippen LogP contribution in [0.1, 0.15) is 46.5 Å². The van der Waals surface area contributed by atoms with Gasteiger partial charge in [-0.25, -0.2) is 0 Å². The zero-order valence-corrected chi connectivity index (χ0v) is 10.5. The Morgan fingerprint density at radius 1 is 1.19 bits per heavy atom. The maximum Gasteiger partial charge on any atom is 0.136 e. The van der Waals surface area contributed by atoms with Gasteiger partial charge in [-0.1, -0.05) is 13.8 Å². The molecule has 3 fully saturated rings. The summed E-state index contributed by atoms with van der Waals surface area (Å²) in [4.78, 5) is 12.0. The van der Waals surface area contributed by atoms with Crippen molar-refractivity contribution in [3.63, 3.8) is 0 Å². The van der Waals surface area contributed by atoms with Crippen molar-refractivity contribution < 1.29 is 9.90 Å². The Kier molecular flexibility index (Phi) is 1.95. The first kappa shape index (κ1) is 10.8. The molecule has 0 unspecified atom stereocenters. The first-order valence-electron chi connectivity index (χ1n) is 6.61. The van der Waals surface area contributed by atoms with Crippen LogP contribution in [0, 0.1) is 29.1 Å². The van der Waals surface area contributed by atoms with Gasteiger partial charge in [0, 0.05) is 18.3 Å². The largest absolute Gasteiger partial charge is 0.390 e. The molecule has 16 heavy (non-hydrogen) atoms. The molecule has 0 heterocycles. The highest BCUT2D eigenvalue weighted by Crippen LogP contribution is 2.70. The van der Waals surface area contributed by atoms with Crippen LogP contribution in [0.15, 0.2) is 0 Å². The Hall–Kier alpha value is -0.370. The molecule has 0 spiro atoms. The average Bonchev–Trinajstić information content (AvgIpc) is 2.61. The Morgan fingerprint density at radius 2 is 1.88 bits per heavy atom. The molecular weight excluding hydrogens is 200 g/mol. The SMILES string of the molecule is CC1(C)[C@H]2[C@H]3[C@H](CC[C@]3(C)O)C(=O)CC[C@H]21. The molecule has 0 aromatic rings. The van der Waals surface area contributed by atoms with E-state index in [0.717, 1.165) is 25.7 Å². The van der Waals surface area contributed by atoms with E-state index in [-0.39, 0.29) is 11.8 Å². The molecule has 3 aliphatic carbocycles. The molecule has 5 atom stereocenters. The molecule has 90 valence electrons. The van der Waals surface area contributed by atoms with E-state index in [4.69, 9.17) is 0 Å². The Balaban J connectivity index is 1.98. The zero-order valence-electron chi connectivity index (χ0n) is 10.5. The van der Waals surface area contributed by atoms with E-state index >= 15 is 0 Å². The topological polar surface area (TPSA) is 37.3 Å². The van der Waals surface area contributed by atoms with Gasteiger partial charge in [0.2, 0.25) is 0 Å². The van der Waals surface area contributed by atoms with Crippen LogP contribution in [0.5, 0.6) is 0 Å². The first-order chi connectivity index (χ1) is 7.36. The summed E-state index contributed by atoms with van der Waals surface area (Å²) >= 11 is 0. The van der Waals surface area contributed by atoms with Crippen molar-refractivity contribution in [2.24, 2.45) is 29.1 Å². The van der Waals surface area contributed by atoms with Gasteiger partial charge in [-0.3, -0.25) is 4.79 Å². The second-order valence-electron chi connectivity index (χ2n) is 6.99. The number of Topliss-reactive ketones (excluding diaryl/α,β-unsaturated/α-hetero) is 1. The van der Waals surface area contributed by atoms with E-state index in [0.29, 0.717) is 23.0 Å². The van der Waals surface area contributed by atoms with Crippen molar-refractivity contribution in [3.8, 4) is 0 Å². The lowest BCUT2D eigenvalue weighted by Crippen LogP contribution is -2.36. The third-order valence-electron chi connectivity index (χ3n) is 5.75. The molecule has 0 bridgehead atoms. The number of hydrogen-bond donors (Lipinski definition) is 1. The van der Waals surface area contributed by atoms with Gasteiger partial charge in [-0.15, -0.1) is 0 Å². The zero-order chi connectivity index (χ0) is 11.7. The Morgan fingerprint density at radius 3 is 2.56 bits per heavy atom. The molecule has 3 saturated carbocycles. The fraction of sp³-hybridized carbons (Fsp3) is 0.929. The van der Waals surface area contributed by atoms with E-state index in [1.54, 1.807) is 0 Å². The second kappa shape index (κ2) is 2.90. The van der Waals surface area contributed by atoms with Crippen molar-refractivity contribution in [2.75, 3.05) is 0 Å². The minimum Gasteiger partial charge on any atom is -0.390 e. The van der Waals surface area contributed by atoms with Crippen LogP contribution >= 0.6 is 0 Å². The summed E-state index contributed by atoms with van der Waals surface area (Å²) in [7, 11) is 0. The number of fused-ring (bicyclic) bond motifs is 3. The molecule has 0 aromatic carbocycles. The molecule has 3 rings (SSSR count). The highest BCUT2D eigenvalue weighted by molar-refractivity contribution is 5.82. The summed E-state index contributed by atoms with van der Waals surface area (Å²) in [6.45, 7) is 6.56. The second-order valence-corrected chi connectivity index (χ2v) is 6.99. The van der Waals surface area contributed by atoms with Gasteiger partial charge in [-0.05, 0) is 43.4 Å². The van der Waals surface area contributed by atoms with Crippen molar-refractivity contribution in [1.82, 2.24) is 0 Å². The van der Waals surface area contributed by atoms with Gasteiger partial charge in [-0.2, -0.15) is 0 Å². The van der Waals surface area contributed by atoms with E-state index in [1.165, 1.54) is 0 Å². The molecule has 0 radical (unpaired) electrons. The minimum atomic E-state index is -0.596. The number of carbonyl (C=O) groups is 1. The summed E-state index contributed by atoms with van der Waals surface area (Å²) in [5.74, 6) is 2.08. The normalized spacial score (nSPS) is 54.1. The number of carbonyl (C=O) groups excluding carboxylic acids is 1. The fourth-order valence-corrected chi connectivity index (χ4v) is 4.76. The standard InChI is InChI=1S/C14H22O2/c1-13(2)9-4-5-10(15)8-6-7-14(3,16)11(8)12(9)13/h8-9,11-12,16H,4-7H2,1-3H3/t8-,9-,11-,12-,14+/m1/s1. The van der Waals surface area contributed by atoms with Gasteiger partial charge < -0.3 is 5.11 Å². The highest BCUT2D eigenvalue weighted by Gasteiger charge is 2.68. The summed E-state index contributed by atoms with van der Waals surface area (Å²) in [5.41, 5.74) is -0.237. The maximum atomic E-state index is 12.0. The lowest BCUT2D eigenvalue weighted by molar-refractivity contribution is -0.125. The lowest BCUT2D eigenvalue weighted by atomic mass is 9.79. The summed E-state index contributed by atoms with van der Waals surface area (Å²) in [6, 6.07) is 0. The van der Waals surface area contributed by atoms with E-state index in [2.05, 4.69) is 13.8 Å². The van der Waals surface area contributed by atoms with E-state index in [1.807, 2.05) is 6.92 Å². The van der Waals surface area contributed by atoms with Crippen molar-refractivity contribution in [1.29, 1.82) is 0 Å². The molecule has 0 aliphatic heterocycles. The third kappa shape index (κ3) is 1.20. The van der Waals surface area contributed by atoms with Crippen LogP contribution < -0.4 is 0 Å². The van der Waals surface area contributed by atoms with Crippen molar-refractivity contribution in [2.45, 2.75) is 52.1 Å². The van der Waals surface area contributed by atoms with Gasteiger partial charge in [0.1, 0.15) is 5.78 Å². The molecule has 1 N–H and O–H groups in total. The van der Waals surface area contributed by atoms with Crippen LogP contribution in [0.25, 0.3) is 0 Å². The van der Waals surface area contributed by atoms with Gasteiger partial charge in [0.25, 0.3) is 0 Å². The van der Waals surface area contributed by atoms with Gasteiger partial charge in [0.15, 0.2) is 0 Å². The third-order valence-corrected chi connectivity index (χ3v) is 5.75. The summed E-state index contributed by atoms with van der Waals surface area (Å²) in [6.07, 6.45) is 3.53. The molecule has 2 nitrogen and oxygen atoms in total. The van der Waals surface area contributed by atoms with Crippen LogP contribution in [0.4, 0.5) is 0 Å². The van der Waals surface area contributed by atoms with Crippen LogP contribution in [-0.2, 0) is 4.79 Å². The van der Waals surface area contributed by atoms with Crippen molar-refractivity contribution in [3.05, 3.63) is 0 Å². The number of rotatable bonds is 0. The van der Waals surface area contributed by atoms with Crippen LogP contribution in [-0.4, -0.2) is 16.5 Å². The molecule has 0 amide bonds. The number of ketones is 1. The van der Waals surface area contributed by atoms with Crippen LogP contribution in [0.2, 0.25) is 0 Å². The average molecular weight is 222 g/mol. The smallest absolute Gasteiger partial charge is 0.136 e. The molecule has 3 aliphatic rings. The highest BCUT2D eigenvalue weighted by atomic mass is 16.3. The molecule has 0 aromatic heterocycles. The van der Waals surface area contributed by atoms with Crippen LogP contribution in [0.3, 0.4) is 0 Å². The Labute approximate surface area is 97.4 Å². The van der Waals surface area contributed by atoms with Crippen molar-refractivity contribution >= 4 is 5.78 Å². The Bertz CT molecular complexity index is 343. The maximum absolute atomic E-state index is 12.0. The monoisotopic (exact) mass is 222 g/mol. The van der Waals surface area contributed by atoms with Gasteiger partial charge in [0.05, 0.1) is 5.60 Å². The molecule has 0 saturated heterocycles. The first-order valence-corrected chi connectivity index (χ1v) is 6.61. The van der Waals surface area contributed by atoms with E-state index in [9.17, 15) is 9.90 Å². The number of aliphatic hydroxyl groups is 1. The van der Waals surface area contributed by atoms with Gasteiger partial charge >= 0.3 is 0 Å². The quantitative estimate of drug-likeness (QED) is 0.683. The molecular formula is C14H22O2. The lowest BCUT2D eigenvalue weighted by Gasteiger charge is -2.30. The summed E-state index contributed by atoms with van der Waals surface area (Å²) in [5, 5.41) is 10.5. The predicted molar refractivity (Wildman–Crippen MR) is 61.8 cm³/mol. The van der Waals surface area contributed by atoms with E-state index < -0.39 is 5.60 Å². The minimum absolute atomic E-state index is 0.159.